The van der Waals surface area contributed by atoms with E-state index in [1.54, 1.807) is 16.5 Å². The summed E-state index contributed by atoms with van der Waals surface area (Å²) in [5.41, 5.74) is 1.02. The summed E-state index contributed by atoms with van der Waals surface area (Å²) in [5.74, 6) is -0.199. The van der Waals surface area contributed by atoms with Crippen molar-refractivity contribution >= 4 is 27.4 Å². The highest BCUT2D eigenvalue weighted by Gasteiger charge is 2.14. The Morgan fingerprint density at radius 3 is 2.93 bits per heavy atom. The van der Waals surface area contributed by atoms with Crippen LogP contribution in [-0.2, 0) is 6.42 Å². The van der Waals surface area contributed by atoms with Gasteiger partial charge in [0.15, 0.2) is 0 Å². The van der Waals surface area contributed by atoms with Crippen LogP contribution in [0.1, 0.15) is 23.2 Å². The number of aromatic nitrogens is 2. The van der Waals surface area contributed by atoms with Gasteiger partial charge in [0.05, 0.1) is 5.52 Å². The summed E-state index contributed by atoms with van der Waals surface area (Å²) in [5, 5.41) is 9.05. The summed E-state index contributed by atoms with van der Waals surface area (Å²) in [6, 6.07) is 5.12. The molecular weight excluding hydrogens is 260 g/mol. The fraction of sp³-hybridized carbons (Fsp3) is 0.200. The molecule has 2 heterocycles. The number of fused-ring (bicyclic) bond motifs is 1. The molecular formula is C10H9BrN2O2. The van der Waals surface area contributed by atoms with Gasteiger partial charge in [-0.1, -0.05) is 13.0 Å². The van der Waals surface area contributed by atoms with Crippen LogP contribution in [0.2, 0.25) is 0 Å². The van der Waals surface area contributed by atoms with Crippen LogP contribution >= 0.6 is 15.9 Å². The average molecular weight is 269 g/mol. The van der Waals surface area contributed by atoms with Crippen molar-refractivity contribution in [3.05, 3.63) is 34.3 Å². The summed E-state index contributed by atoms with van der Waals surface area (Å²) >= 11 is 3.32. The molecule has 0 bridgehead atoms. The first-order chi connectivity index (χ1) is 7.15. The third kappa shape index (κ3) is 1.52. The predicted molar refractivity (Wildman–Crippen MR) is 59.2 cm³/mol. The molecule has 4 nitrogen and oxygen atoms in total. The summed E-state index contributed by atoms with van der Waals surface area (Å²) < 4.78 is 2.34. The van der Waals surface area contributed by atoms with E-state index in [1.165, 1.54) is 0 Å². The molecule has 0 aliphatic heterocycles. The highest BCUT2D eigenvalue weighted by Crippen LogP contribution is 2.21. The topological polar surface area (TPSA) is 54.6 Å². The Bertz CT molecular complexity index is 533. The van der Waals surface area contributed by atoms with Crippen molar-refractivity contribution < 1.29 is 9.90 Å². The van der Waals surface area contributed by atoms with E-state index >= 15 is 0 Å². The van der Waals surface area contributed by atoms with Crippen LogP contribution in [0.5, 0.6) is 0 Å². The van der Waals surface area contributed by atoms with E-state index in [4.69, 9.17) is 5.11 Å². The number of pyridine rings is 1. The van der Waals surface area contributed by atoms with Crippen LogP contribution in [0.25, 0.3) is 5.52 Å². The van der Waals surface area contributed by atoms with Gasteiger partial charge in [-0.25, -0.2) is 9.78 Å². The first-order valence-electron chi connectivity index (χ1n) is 4.54. The molecule has 2 aromatic rings. The molecule has 2 rings (SSSR count). The molecule has 5 heteroatoms. The highest BCUT2D eigenvalue weighted by atomic mass is 79.9. The number of halogens is 1. The lowest BCUT2D eigenvalue weighted by atomic mass is 10.3. The van der Waals surface area contributed by atoms with E-state index in [1.807, 2.05) is 13.0 Å². The van der Waals surface area contributed by atoms with Crippen LogP contribution in [0.3, 0.4) is 0 Å². The van der Waals surface area contributed by atoms with E-state index in [-0.39, 0.29) is 5.69 Å². The summed E-state index contributed by atoms with van der Waals surface area (Å²) in [6.45, 7) is 1.94. The van der Waals surface area contributed by atoms with Crippen molar-refractivity contribution in [3.63, 3.8) is 0 Å². The quantitative estimate of drug-likeness (QED) is 0.910. The van der Waals surface area contributed by atoms with E-state index in [9.17, 15) is 4.79 Å². The summed E-state index contributed by atoms with van der Waals surface area (Å²) in [6.07, 6.45) is 0.692. The fourth-order valence-electron chi connectivity index (χ4n) is 1.57. The van der Waals surface area contributed by atoms with Crippen LogP contribution in [0.4, 0.5) is 0 Å². The standard InChI is InChI=1S/C10H9BrN2O2/c1-2-8-12-9(11)6-4-3-5-7(10(14)15)13(6)8/h3-5H,2H2,1H3,(H,14,15). The van der Waals surface area contributed by atoms with Crippen LogP contribution in [-0.4, -0.2) is 20.5 Å². The average Bonchev–Trinajstić information content (AvgIpc) is 2.55. The van der Waals surface area contributed by atoms with Gasteiger partial charge in [0.1, 0.15) is 16.1 Å². The molecule has 0 radical (unpaired) electrons. The normalized spacial score (nSPS) is 10.8. The van der Waals surface area contributed by atoms with Crippen molar-refractivity contribution in [1.29, 1.82) is 0 Å². The van der Waals surface area contributed by atoms with E-state index in [0.29, 0.717) is 11.0 Å². The summed E-state index contributed by atoms with van der Waals surface area (Å²) in [7, 11) is 0. The first-order valence-corrected chi connectivity index (χ1v) is 5.33. The minimum Gasteiger partial charge on any atom is -0.477 e. The van der Waals surface area contributed by atoms with Crippen molar-refractivity contribution in [2.75, 3.05) is 0 Å². The fourth-order valence-corrected chi connectivity index (χ4v) is 2.09. The maximum atomic E-state index is 11.0. The van der Waals surface area contributed by atoms with Crippen molar-refractivity contribution in [3.8, 4) is 0 Å². The molecule has 2 aromatic heterocycles. The third-order valence-corrected chi connectivity index (χ3v) is 2.81. The molecule has 0 saturated carbocycles. The molecule has 78 valence electrons. The van der Waals surface area contributed by atoms with Crippen molar-refractivity contribution in [2.45, 2.75) is 13.3 Å². The minimum atomic E-state index is -0.944. The number of aryl methyl sites for hydroxylation is 1. The zero-order chi connectivity index (χ0) is 11.0. The molecule has 0 aromatic carbocycles. The van der Waals surface area contributed by atoms with Gasteiger partial charge in [-0.3, -0.25) is 4.40 Å². The second-order valence-electron chi connectivity index (χ2n) is 3.11. The second-order valence-corrected chi connectivity index (χ2v) is 3.86. The van der Waals surface area contributed by atoms with E-state index in [0.717, 1.165) is 11.3 Å². The number of nitrogens with zero attached hydrogens (tertiary/aromatic N) is 2. The highest BCUT2D eigenvalue weighted by molar-refractivity contribution is 9.10. The Labute approximate surface area is 94.7 Å². The van der Waals surface area contributed by atoms with Crippen LogP contribution in [0.15, 0.2) is 22.8 Å². The van der Waals surface area contributed by atoms with Crippen molar-refractivity contribution in [1.82, 2.24) is 9.38 Å². The van der Waals surface area contributed by atoms with Gasteiger partial charge in [-0.05, 0) is 28.1 Å². The zero-order valence-electron chi connectivity index (χ0n) is 8.07. The smallest absolute Gasteiger partial charge is 0.352 e. The maximum absolute atomic E-state index is 11.0. The minimum absolute atomic E-state index is 0.238. The SMILES string of the molecule is CCc1nc(Br)c2cccc(C(=O)O)n12. The van der Waals surface area contributed by atoms with Gasteiger partial charge >= 0.3 is 5.97 Å². The molecule has 0 unspecified atom stereocenters. The van der Waals surface area contributed by atoms with Gasteiger partial charge in [-0.15, -0.1) is 0 Å². The van der Waals surface area contributed by atoms with E-state index in [2.05, 4.69) is 20.9 Å². The van der Waals surface area contributed by atoms with Crippen LogP contribution in [0, 0.1) is 0 Å². The number of aromatic carboxylic acids is 1. The van der Waals surface area contributed by atoms with Crippen LogP contribution < -0.4 is 0 Å². The zero-order valence-corrected chi connectivity index (χ0v) is 9.65. The number of hydrogen-bond donors (Lipinski definition) is 1. The Morgan fingerprint density at radius 1 is 1.60 bits per heavy atom. The monoisotopic (exact) mass is 268 g/mol. The Kier molecular flexibility index (Phi) is 2.48. The first kappa shape index (κ1) is 10.2. The van der Waals surface area contributed by atoms with Gasteiger partial charge in [0, 0.05) is 6.42 Å². The van der Waals surface area contributed by atoms with E-state index < -0.39 is 5.97 Å². The lowest BCUT2D eigenvalue weighted by molar-refractivity contribution is 0.0688. The molecule has 0 amide bonds. The molecule has 1 N–H and O–H groups in total. The molecule has 15 heavy (non-hydrogen) atoms. The number of rotatable bonds is 2. The number of carbonyl (C=O) groups is 1. The van der Waals surface area contributed by atoms with Crippen molar-refractivity contribution in [2.24, 2.45) is 0 Å². The van der Waals surface area contributed by atoms with Gasteiger partial charge in [-0.2, -0.15) is 0 Å². The van der Waals surface area contributed by atoms with Gasteiger partial charge < -0.3 is 5.11 Å². The molecule has 0 aliphatic rings. The maximum Gasteiger partial charge on any atom is 0.352 e. The van der Waals surface area contributed by atoms with Gasteiger partial charge in [0.2, 0.25) is 0 Å². The molecule has 0 saturated heterocycles. The molecule has 0 atom stereocenters. The largest absolute Gasteiger partial charge is 0.477 e. The lowest BCUT2D eigenvalue weighted by Gasteiger charge is -2.02. The Balaban J connectivity index is 2.88. The number of hydrogen-bond acceptors (Lipinski definition) is 2. The third-order valence-electron chi connectivity index (χ3n) is 2.22. The Morgan fingerprint density at radius 2 is 2.33 bits per heavy atom. The number of imidazole rings is 1. The lowest BCUT2D eigenvalue weighted by Crippen LogP contribution is -2.06. The summed E-state index contributed by atoms with van der Waals surface area (Å²) in [4.78, 5) is 15.3. The molecule has 0 fully saturated rings. The predicted octanol–water partition coefficient (Wildman–Crippen LogP) is 2.36. The number of carboxylic acid groups (broad SMARTS) is 1. The molecule has 0 aliphatic carbocycles. The van der Waals surface area contributed by atoms with Gasteiger partial charge in [0.25, 0.3) is 0 Å². The molecule has 0 spiro atoms. The Hall–Kier alpha value is -1.36. The second kappa shape index (κ2) is 3.66. The number of carboxylic acids is 1.